The van der Waals surface area contributed by atoms with Crippen LogP contribution in [0.4, 0.5) is 0 Å². The molecule has 0 rings (SSSR count). The Kier molecular flexibility index (Phi) is 4.17. The van der Waals surface area contributed by atoms with Gasteiger partial charge in [0.05, 0.1) is 0 Å². The molecule has 2 N–H and O–H groups in total. The number of hydrogen-bond donors (Lipinski definition) is 2. The lowest BCUT2D eigenvalue weighted by atomic mass is 10.1. The number of carbonyl (C=O) groups excluding carboxylic acids is 1. The molecule has 0 radical (unpaired) electrons. The topological polar surface area (TPSA) is 66.8 Å². The molecule has 0 aromatic carbocycles. The van der Waals surface area contributed by atoms with E-state index in [0.717, 1.165) is 0 Å². The van der Waals surface area contributed by atoms with Gasteiger partial charge in [-0.3, -0.25) is 4.79 Å². The Bertz CT molecular complexity index is 152. The van der Waals surface area contributed by atoms with Gasteiger partial charge in [0.15, 0.2) is 15.3 Å². The summed E-state index contributed by atoms with van der Waals surface area (Å²) >= 11 is 0. The summed E-state index contributed by atoms with van der Waals surface area (Å²) in [6.07, 6.45) is 4.96. The van der Waals surface area contributed by atoms with Crippen LogP contribution >= 0.6 is 9.03 Å². The first-order valence-corrected chi connectivity index (χ1v) is 3.21. The Morgan fingerprint density at radius 2 is 2.50 bits per heavy atom. The van der Waals surface area contributed by atoms with Crippen LogP contribution in [0.1, 0.15) is 0 Å². The quantitative estimate of drug-likeness (QED) is 0.318. The van der Waals surface area contributed by atoms with Gasteiger partial charge in [-0.1, -0.05) is 5.92 Å². The maximum absolute atomic E-state index is 10.0. The van der Waals surface area contributed by atoms with Gasteiger partial charge in [0.25, 0.3) is 0 Å². The van der Waals surface area contributed by atoms with Crippen LogP contribution in [-0.4, -0.2) is 28.5 Å². The van der Waals surface area contributed by atoms with Crippen molar-refractivity contribution in [2.45, 2.75) is 5.60 Å². The van der Waals surface area contributed by atoms with E-state index in [1.54, 1.807) is 0 Å². The van der Waals surface area contributed by atoms with Crippen molar-refractivity contribution in [1.82, 2.24) is 0 Å². The van der Waals surface area contributed by atoms with Crippen molar-refractivity contribution in [1.29, 1.82) is 0 Å². The predicted molar refractivity (Wildman–Crippen MR) is 36.3 cm³/mol. The fraction of sp³-hybridized carbons (Fsp3) is 0.400. The molecule has 0 aliphatic rings. The highest BCUT2D eigenvalue weighted by molar-refractivity contribution is 7.24. The van der Waals surface area contributed by atoms with Gasteiger partial charge in [-0.05, 0) is 0 Å². The molecule has 0 saturated carbocycles. The van der Waals surface area contributed by atoms with E-state index in [9.17, 15) is 4.79 Å². The highest BCUT2D eigenvalue weighted by Crippen LogP contribution is 2.08. The van der Waals surface area contributed by atoms with Gasteiger partial charge >= 0.3 is 0 Å². The van der Waals surface area contributed by atoms with E-state index in [1.165, 1.54) is 0 Å². The lowest BCUT2D eigenvalue weighted by molar-refractivity contribution is -0.121. The lowest BCUT2D eigenvalue weighted by Crippen LogP contribution is -2.33. The van der Waals surface area contributed by atoms with Gasteiger partial charge in [0.2, 0.25) is 5.60 Å². The van der Waals surface area contributed by atoms with Crippen LogP contribution in [0.5, 0.6) is 0 Å². The molecule has 0 aromatic rings. The maximum Gasteiger partial charge on any atom is 0.204 e. The normalized spacial score (nSPS) is 16.5. The zero-order chi connectivity index (χ0) is 8.04. The number of aliphatic hydroxyl groups is 1. The highest BCUT2D eigenvalue weighted by atomic mass is 31.1. The van der Waals surface area contributed by atoms with Crippen LogP contribution in [0.15, 0.2) is 0 Å². The Balaban J connectivity index is 3.84. The van der Waals surface area contributed by atoms with Gasteiger partial charge in [-0.25, -0.2) is 0 Å². The van der Waals surface area contributed by atoms with Crippen LogP contribution in [0.25, 0.3) is 0 Å². The summed E-state index contributed by atoms with van der Waals surface area (Å²) in [4.78, 5) is 18.1. The fourth-order valence-electron chi connectivity index (χ4n) is 0.252. The third-order valence-electron chi connectivity index (χ3n) is 0.802. The summed E-state index contributed by atoms with van der Waals surface area (Å²) in [5, 5.41) is 8.92. The van der Waals surface area contributed by atoms with Crippen molar-refractivity contribution in [2.75, 3.05) is 6.61 Å². The Hall–Kier alpha value is -0.460. The summed E-state index contributed by atoms with van der Waals surface area (Å²) in [7, 11) is -0.777. The van der Waals surface area contributed by atoms with Gasteiger partial charge in [0, 0.05) is 0 Å². The molecule has 10 heavy (non-hydrogen) atoms. The Morgan fingerprint density at radius 3 is 2.80 bits per heavy atom. The van der Waals surface area contributed by atoms with Crippen molar-refractivity contribution in [3.63, 3.8) is 0 Å². The number of aldehydes is 1. The molecular weight excluding hydrogens is 155 g/mol. The number of carbonyl (C=O) groups is 1. The molecule has 0 bridgehead atoms. The molecule has 1 unspecified atom stereocenters. The summed E-state index contributed by atoms with van der Waals surface area (Å²) in [6, 6.07) is 0. The molecule has 0 aliphatic heterocycles. The first-order chi connectivity index (χ1) is 4.68. The smallest absolute Gasteiger partial charge is 0.204 e. The second-order valence-electron chi connectivity index (χ2n) is 1.57. The minimum Gasteiger partial charge on any atom is -0.369 e. The van der Waals surface area contributed by atoms with Crippen molar-refractivity contribution in [3.8, 4) is 12.3 Å². The molecule has 56 valence electrons. The van der Waals surface area contributed by atoms with Gasteiger partial charge < -0.3 is 14.5 Å². The van der Waals surface area contributed by atoms with Crippen molar-refractivity contribution in [3.05, 3.63) is 0 Å². The van der Waals surface area contributed by atoms with E-state index >= 15 is 0 Å². The molecule has 0 spiro atoms. The molecule has 4 nitrogen and oxygen atoms in total. The monoisotopic (exact) mass is 162 g/mol. The maximum atomic E-state index is 10.0. The third kappa shape index (κ3) is 2.90. The second kappa shape index (κ2) is 4.37. The SMILES string of the molecule is C#C[C@](O)(C=O)COPO. The second-order valence-corrected chi connectivity index (χ2v) is 2.04. The summed E-state index contributed by atoms with van der Waals surface area (Å²) in [6.45, 7) is -0.373. The molecule has 0 heterocycles. The fourth-order valence-corrected chi connectivity index (χ4v) is 0.537. The summed E-state index contributed by atoms with van der Waals surface area (Å²) < 4.78 is 4.34. The summed E-state index contributed by atoms with van der Waals surface area (Å²) in [5.74, 6) is 1.82. The van der Waals surface area contributed by atoms with Gasteiger partial charge in [0.1, 0.15) is 6.61 Å². The molecule has 0 aliphatic carbocycles. The number of terminal acetylenes is 1. The molecule has 0 saturated heterocycles. The van der Waals surface area contributed by atoms with Crippen molar-refractivity contribution < 1.29 is 19.3 Å². The number of rotatable bonds is 4. The van der Waals surface area contributed by atoms with Crippen LogP contribution in [0, 0.1) is 12.3 Å². The molecule has 0 aromatic heterocycles. The standard InChI is InChI=1S/C5H7O4P/c1-2-5(7,3-6)4-9-10-8/h1,3,7-8,10H,4H2/t5-/m0/s1. The average molecular weight is 162 g/mol. The minimum absolute atomic E-state index is 0.188. The third-order valence-corrected chi connectivity index (χ3v) is 1.08. The number of hydrogen-bond acceptors (Lipinski definition) is 4. The molecule has 2 atom stereocenters. The van der Waals surface area contributed by atoms with Gasteiger partial charge in [-0.2, -0.15) is 0 Å². The first-order valence-electron chi connectivity index (χ1n) is 2.36. The van der Waals surface area contributed by atoms with Crippen molar-refractivity contribution in [2.24, 2.45) is 0 Å². The van der Waals surface area contributed by atoms with Crippen LogP contribution in [0.2, 0.25) is 0 Å². The van der Waals surface area contributed by atoms with Crippen LogP contribution < -0.4 is 0 Å². The zero-order valence-corrected chi connectivity index (χ0v) is 6.07. The minimum atomic E-state index is -1.89. The highest BCUT2D eigenvalue weighted by Gasteiger charge is 2.22. The average Bonchev–Trinajstić information content (AvgIpc) is 2.00. The van der Waals surface area contributed by atoms with E-state index in [1.807, 2.05) is 5.92 Å². The van der Waals surface area contributed by atoms with Crippen molar-refractivity contribution >= 4 is 15.3 Å². The zero-order valence-electron chi connectivity index (χ0n) is 5.07. The van der Waals surface area contributed by atoms with E-state index in [0.29, 0.717) is 0 Å². The molecule has 0 fully saturated rings. The van der Waals surface area contributed by atoms with Gasteiger partial charge in [-0.15, -0.1) is 6.42 Å². The largest absolute Gasteiger partial charge is 0.369 e. The predicted octanol–water partition coefficient (Wildman–Crippen LogP) is -0.933. The molecule has 0 amide bonds. The first kappa shape index (κ1) is 9.54. The van der Waals surface area contributed by atoms with E-state index in [2.05, 4.69) is 4.52 Å². The van der Waals surface area contributed by atoms with E-state index < -0.39 is 14.6 Å². The molecular formula is C5H7O4P. The lowest BCUT2D eigenvalue weighted by Gasteiger charge is -2.12. The van der Waals surface area contributed by atoms with E-state index in [-0.39, 0.29) is 12.9 Å². The Morgan fingerprint density at radius 1 is 1.90 bits per heavy atom. The Labute approximate surface area is 60.1 Å². The van der Waals surface area contributed by atoms with Crippen LogP contribution in [-0.2, 0) is 9.32 Å². The van der Waals surface area contributed by atoms with E-state index in [4.69, 9.17) is 16.4 Å². The summed E-state index contributed by atoms with van der Waals surface area (Å²) in [5.41, 5.74) is -1.89. The molecule has 5 heteroatoms. The van der Waals surface area contributed by atoms with Crippen LogP contribution in [0.3, 0.4) is 0 Å².